The fourth-order valence-electron chi connectivity index (χ4n) is 10.6. The molecule has 6 aliphatic carbocycles. The number of hydrogen-bond acceptors (Lipinski definition) is 6. The van der Waals surface area contributed by atoms with Gasteiger partial charge in [-0.15, -0.1) is 0 Å². The van der Waals surface area contributed by atoms with Gasteiger partial charge in [0, 0.05) is 18.3 Å². The summed E-state index contributed by atoms with van der Waals surface area (Å²) in [6, 6.07) is 0. The molecule has 32 heavy (non-hydrogen) atoms. The molecule has 6 saturated carbocycles. The zero-order chi connectivity index (χ0) is 22.1. The Morgan fingerprint density at radius 2 is 1.75 bits per heavy atom. The zero-order valence-electron chi connectivity index (χ0n) is 19.2. The van der Waals surface area contributed by atoms with E-state index in [4.69, 9.17) is 14.2 Å². The van der Waals surface area contributed by atoms with Crippen LogP contribution in [0.4, 0.5) is 0 Å². The lowest BCUT2D eigenvalue weighted by Gasteiger charge is -2.43. The lowest BCUT2D eigenvalue weighted by molar-refractivity contribution is -0.164. The highest BCUT2D eigenvalue weighted by Crippen LogP contribution is 2.71. The van der Waals surface area contributed by atoms with Crippen molar-refractivity contribution in [2.24, 2.45) is 70.5 Å². The Hall–Kier alpha value is -1.59. The van der Waals surface area contributed by atoms with Crippen molar-refractivity contribution in [3.8, 4) is 0 Å². The zero-order valence-corrected chi connectivity index (χ0v) is 19.2. The molecule has 0 spiro atoms. The van der Waals surface area contributed by atoms with Crippen LogP contribution < -0.4 is 0 Å². The largest absolute Gasteiger partial charge is 0.468 e. The Morgan fingerprint density at radius 3 is 2.50 bits per heavy atom. The molecule has 7 aliphatic rings. The van der Waals surface area contributed by atoms with Gasteiger partial charge in [0.1, 0.15) is 12.2 Å². The fourth-order valence-corrected chi connectivity index (χ4v) is 10.6. The summed E-state index contributed by atoms with van der Waals surface area (Å²) in [4.78, 5) is 38.0. The van der Waals surface area contributed by atoms with E-state index in [1.807, 2.05) is 0 Å². The van der Waals surface area contributed by atoms with Crippen LogP contribution in [0, 0.1) is 70.5 Å². The van der Waals surface area contributed by atoms with Crippen LogP contribution in [0.2, 0.25) is 0 Å². The van der Waals surface area contributed by atoms with Gasteiger partial charge in [0.2, 0.25) is 0 Å². The highest BCUT2D eigenvalue weighted by atomic mass is 16.6. The molecular weight excluding hydrogens is 408 g/mol. The van der Waals surface area contributed by atoms with E-state index in [9.17, 15) is 14.4 Å². The first-order chi connectivity index (χ1) is 15.3. The summed E-state index contributed by atoms with van der Waals surface area (Å²) in [7, 11) is 1.32. The predicted octanol–water partition coefficient (Wildman–Crippen LogP) is 3.22. The van der Waals surface area contributed by atoms with Crippen LogP contribution in [-0.2, 0) is 28.6 Å². The number of methoxy groups -OCH3 is 1. The van der Waals surface area contributed by atoms with E-state index in [1.165, 1.54) is 26.4 Å². The van der Waals surface area contributed by atoms with Crippen LogP contribution in [0.25, 0.3) is 0 Å². The number of fused-ring (bicyclic) bond motifs is 10. The minimum atomic E-state index is -1.16. The van der Waals surface area contributed by atoms with Crippen molar-refractivity contribution in [1.29, 1.82) is 0 Å². The third kappa shape index (κ3) is 2.16. The lowest BCUT2D eigenvalue weighted by atomic mass is 9.62. The van der Waals surface area contributed by atoms with Crippen molar-refractivity contribution in [2.45, 2.75) is 64.6 Å². The molecule has 0 aromatic heterocycles. The van der Waals surface area contributed by atoms with Crippen LogP contribution in [0.15, 0.2) is 0 Å². The van der Waals surface area contributed by atoms with Crippen molar-refractivity contribution in [3.05, 3.63) is 0 Å². The normalized spacial score (nSPS) is 57.7. The van der Waals surface area contributed by atoms with Crippen LogP contribution >= 0.6 is 0 Å². The fraction of sp³-hybridized carbons (Fsp3) is 0.885. The summed E-state index contributed by atoms with van der Waals surface area (Å²) in [5.41, 5.74) is -1.16. The average molecular weight is 443 g/mol. The molecule has 0 aromatic rings. The van der Waals surface area contributed by atoms with Gasteiger partial charge in [-0.1, -0.05) is 13.8 Å². The maximum atomic E-state index is 13.0. The molecule has 0 N–H and O–H groups in total. The molecule has 6 nitrogen and oxygen atoms in total. The molecule has 0 amide bonds. The summed E-state index contributed by atoms with van der Waals surface area (Å²) in [6.07, 6.45) is 4.62. The van der Waals surface area contributed by atoms with Crippen molar-refractivity contribution < 1.29 is 28.6 Å². The van der Waals surface area contributed by atoms with Gasteiger partial charge in [0.15, 0.2) is 5.41 Å². The van der Waals surface area contributed by atoms with Gasteiger partial charge in [0.05, 0.1) is 7.11 Å². The van der Waals surface area contributed by atoms with Crippen LogP contribution in [0.3, 0.4) is 0 Å². The van der Waals surface area contributed by atoms with Gasteiger partial charge in [-0.3, -0.25) is 14.4 Å². The van der Waals surface area contributed by atoms with Crippen molar-refractivity contribution in [1.82, 2.24) is 0 Å². The number of hydrogen-bond donors (Lipinski definition) is 0. The number of carbonyl (C=O) groups is 3. The summed E-state index contributed by atoms with van der Waals surface area (Å²) < 4.78 is 16.5. The standard InChI is InChI=1S/C26H34O6/c1-10-11(2)16-8-15(10)20-13-4-12(17(5-13)21(16)20)7-19(27)31-22-14-6-18-23(22)32-25(29)26(18,9-14)24(28)30-3/h10-18,20-23H,4-9H2,1-3H3. The topological polar surface area (TPSA) is 78.9 Å². The van der Waals surface area contributed by atoms with Gasteiger partial charge >= 0.3 is 17.9 Å². The first-order valence-corrected chi connectivity index (χ1v) is 12.8. The van der Waals surface area contributed by atoms with Crippen molar-refractivity contribution >= 4 is 17.9 Å². The van der Waals surface area contributed by atoms with E-state index < -0.39 is 29.6 Å². The minimum Gasteiger partial charge on any atom is -0.468 e. The molecule has 0 radical (unpaired) electrons. The average Bonchev–Trinajstić information content (AvgIpc) is 3.58. The molecule has 7 rings (SSSR count). The second-order valence-electron chi connectivity index (χ2n) is 12.4. The molecule has 6 heteroatoms. The first-order valence-electron chi connectivity index (χ1n) is 12.8. The highest BCUT2D eigenvalue weighted by molar-refractivity contribution is 6.03. The summed E-state index contributed by atoms with van der Waals surface area (Å²) in [5, 5.41) is 0. The number of carbonyl (C=O) groups excluding carboxylic acids is 3. The molecule has 0 aromatic carbocycles. The Morgan fingerprint density at radius 1 is 1.00 bits per heavy atom. The van der Waals surface area contributed by atoms with E-state index in [0.29, 0.717) is 31.1 Å². The van der Waals surface area contributed by atoms with Crippen LogP contribution in [-0.4, -0.2) is 37.2 Å². The molecular formula is C26H34O6. The summed E-state index contributed by atoms with van der Waals surface area (Å²) in [5.74, 6) is 5.87. The van der Waals surface area contributed by atoms with Crippen molar-refractivity contribution in [3.63, 3.8) is 0 Å². The third-order valence-electron chi connectivity index (χ3n) is 11.8. The molecule has 7 fully saturated rings. The van der Waals surface area contributed by atoms with Gasteiger partial charge in [0.25, 0.3) is 0 Å². The molecule has 14 unspecified atom stereocenters. The van der Waals surface area contributed by atoms with Crippen LogP contribution in [0.5, 0.6) is 0 Å². The summed E-state index contributed by atoms with van der Waals surface area (Å²) >= 11 is 0. The van der Waals surface area contributed by atoms with E-state index in [2.05, 4.69) is 13.8 Å². The Bertz CT molecular complexity index is 899. The van der Waals surface area contributed by atoms with Gasteiger partial charge in [-0.25, -0.2) is 0 Å². The monoisotopic (exact) mass is 442 g/mol. The Kier molecular flexibility index (Phi) is 3.90. The number of esters is 3. The maximum absolute atomic E-state index is 13.0. The maximum Gasteiger partial charge on any atom is 0.324 e. The quantitative estimate of drug-likeness (QED) is 0.288. The molecule has 14 atom stereocenters. The van der Waals surface area contributed by atoms with Crippen LogP contribution in [0.1, 0.15) is 52.4 Å². The SMILES string of the molecule is COC(=O)C12CC3CC1C(OC2=O)C3OC(=O)CC1CC2CC1C1C3CC(C(C)C3C)C21. The minimum absolute atomic E-state index is 0.0109. The molecule has 1 heterocycles. The lowest BCUT2D eigenvalue weighted by Crippen LogP contribution is -2.45. The smallest absolute Gasteiger partial charge is 0.324 e. The Balaban J connectivity index is 1.02. The van der Waals surface area contributed by atoms with Gasteiger partial charge < -0.3 is 14.2 Å². The van der Waals surface area contributed by atoms with E-state index in [1.54, 1.807) is 0 Å². The second-order valence-corrected chi connectivity index (χ2v) is 12.4. The number of rotatable bonds is 4. The first kappa shape index (κ1) is 19.8. The summed E-state index contributed by atoms with van der Waals surface area (Å²) in [6.45, 7) is 4.92. The second kappa shape index (κ2) is 6.29. The third-order valence-corrected chi connectivity index (χ3v) is 11.8. The molecule has 1 aliphatic heterocycles. The number of ether oxygens (including phenoxy) is 3. The molecule has 1 saturated heterocycles. The van der Waals surface area contributed by atoms with E-state index >= 15 is 0 Å². The highest BCUT2D eigenvalue weighted by Gasteiger charge is 2.75. The predicted molar refractivity (Wildman–Crippen MR) is 112 cm³/mol. The van der Waals surface area contributed by atoms with Crippen molar-refractivity contribution in [2.75, 3.05) is 7.11 Å². The molecule has 174 valence electrons. The molecule has 6 bridgehead atoms. The van der Waals surface area contributed by atoms with E-state index in [0.717, 1.165) is 41.4 Å². The Labute approximate surface area is 189 Å². The van der Waals surface area contributed by atoms with Gasteiger partial charge in [-0.2, -0.15) is 0 Å². The van der Waals surface area contributed by atoms with E-state index in [-0.39, 0.29) is 17.8 Å². The van der Waals surface area contributed by atoms with Gasteiger partial charge in [-0.05, 0) is 85.4 Å².